The fraction of sp³-hybridized carbons (Fsp3) is 0.200. The van der Waals surface area contributed by atoms with Crippen molar-refractivity contribution in [2.75, 3.05) is 6.61 Å². The molecule has 1 aliphatic heterocycles. The monoisotopic (exact) mass is 387 g/mol. The van der Waals surface area contributed by atoms with E-state index in [0.29, 0.717) is 22.3 Å². The number of thioether (sulfide) groups is 1. The molecule has 134 valence electrons. The Morgan fingerprint density at radius 1 is 1.19 bits per heavy atom. The van der Waals surface area contributed by atoms with E-state index < -0.39 is 0 Å². The Labute approximate surface area is 161 Å². The number of carbonyl (C=O) groups is 2. The van der Waals surface area contributed by atoms with Crippen molar-refractivity contribution in [2.24, 2.45) is 0 Å². The number of nitrogens with zero attached hydrogens (tertiary/aromatic N) is 1. The van der Waals surface area contributed by atoms with Crippen LogP contribution < -0.4 is 4.74 Å². The first-order valence-electron chi connectivity index (χ1n) is 8.21. The molecule has 0 bridgehead atoms. The van der Waals surface area contributed by atoms with Crippen molar-refractivity contribution in [1.29, 1.82) is 0 Å². The summed E-state index contributed by atoms with van der Waals surface area (Å²) in [7, 11) is 0. The number of ether oxygens (including phenoxy) is 1. The standard InChI is InChI=1S/C20H18ClNO3S/c1-3-25-17-8-7-14(10-16(17)21)11-18-19(23)22(20(24)26-18)12-15-6-4-5-13(2)9-15/h4-11H,3,12H2,1-2H3/b18-11-. The molecule has 1 saturated heterocycles. The molecule has 0 spiro atoms. The van der Waals surface area contributed by atoms with E-state index in [9.17, 15) is 9.59 Å². The normalized spacial score (nSPS) is 15.8. The van der Waals surface area contributed by atoms with E-state index in [-0.39, 0.29) is 17.7 Å². The molecule has 1 aliphatic rings. The van der Waals surface area contributed by atoms with Crippen LogP contribution in [0, 0.1) is 6.92 Å². The fourth-order valence-corrected chi connectivity index (χ4v) is 3.74. The van der Waals surface area contributed by atoms with Gasteiger partial charge in [0.05, 0.1) is 23.1 Å². The average molecular weight is 388 g/mol. The summed E-state index contributed by atoms with van der Waals surface area (Å²) in [6.45, 7) is 4.66. The molecule has 0 aliphatic carbocycles. The van der Waals surface area contributed by atoms with Crippen LogP contribution in [0.2, 0.25) is 5.02 Å². The Morgan fingerprint density at radius 2 is 2.00 bits per heavy atom. The number of rotatable bonds is 5. The van der Waals surface area contributed by atoms with Crippen molar-refractivity contribution < 1.29 is 14.3 Å². The number of carbonyl (C=O) groups excluding carboxylic acids is 2. The molecule has 0 unspecified atom stereocenters. The van der Waals surface area contributed by atoms with Gasteiger partial charge in [-0.2, -0.15) is 0 Å². The third-order valence-electron chi connectivity index (χ3n) is 3.85. The van der Waals surface area contributed by atoms with Crippen LogP contribution in [0.1, 0.15) is 23.6 Å². The third-order valence-corrected chi connectivity index (χ3v) is 5.05. The van der Waals surface area contributed by atoms with Gasteiger partial charge >= 0.3 is 0 Å². The van der Waals surface area contributed by atoms with Crippen molar-refractivity contribution in [1.82, 2.24) is 4.90 Å². The van der Waals surface area contributed by atoms with Crippen LogP contribution in [-0.4, -0.2) is 22.7 Å². The van der Waals surface area contributed by atoms with Gasteiger partial charge in [-0.15, -0.1) is 0 Å². The number of imide groups is 1. The summed E-state index contributed by atoms with van der Waals surface area (Å²) in [6.07, 6.45) is 1.68. The summed E-state index contributed by atoms with van der Waals surface area (Å²) >= 11 is 7.13. The molecule has 0 atom stereocenters. The Bertz CT molecular complexity index is 894. The summed E-state index contributed by atoms with van der Waals surface area (Å²) in [5, 5.41) is 0.208. The predicted molar refractivity (Wildman–Crippen MR) is 105 cm³/mol. The molecule has 3 rings (SSSR count). The Kier molecular flexibility index (Phi) is 5.69. The topological polar surface area (TPSA) is 46.6 Å². The van der Waals surface area contributed by atoms with Crippen molar-refractivity contribution in [2.45, 2.75) is 20.4 Å². The highest BCUT2D eigenvalue weighted by Crippen LogP contribution is 2.34. The largest absolute Gasteiger partial charge is 0.492 e. The van der Waals surface area contributed by atoms with Gasteiger partial charge in [-0.1, -0.05) is 47.5 Å². The van der Waals surface area contributed by atoms with Gasteiger partial charge in [-0.3, -0.25) is 14.5 Å². The second-order valence-electron chi connectivity index (χ2n) is 5.88. The number of hydrogen-bond donors (Lipinski definition) is 0. The first kappa shape index (κ1) is 18.5. The molecule has 6 heteroatoms. The quantitative estimate of drug-likeness (QED) is 0.654. The highest BCUT2D eigenvalue weighted by atomic mass is 35.5. The maximum absolute atomic E-state index is 12.6. The summed E-state index contributed by atoms with van der Waals surface area (Å²) < 4.78 is 5.41. The number of hydrogen-bond acceptors (Lipinski definition) is 4. The predicted octanol–water partition coefficient (Wildman–Crippen LogP) is 5.28. The SMILES string of the molecule is CCOc1ccc(/C=C2\SC(=O)N(Cc3cccc(C)c3)C2=O)cc1Cl. The number of aryl methyl sites for hydroxylation is 1. The summed E-state index contributed by atoms with van der Waals surface area (Å²) in [5.41, 5.74) is 2.77. The van der Waals surface area contributed by atoms with Crippen LogP contribution in [0.3, 0.4) is 0 Å². The molecule has 2 aromatic rings. The first-order chi connectivity index (χ1) is 12.5. The molecular formula is C20H18ClNO3S. The zero-order chi connectivity index (χ0) is 18.7. The minimum absolute atomic E-state index is 0.264. The van der Waals surface area contributed by atoms with Gasteiger partial charge in [0.1, 0.15) is 5.75 Å². The van der Waals surface area contributed by atoms with E-state index in [2.05, 4.69) is 0 Å². The Balaban J connectivity index is 1.80. The summed E-state index contributed by atoms with van der Waals surface area (Å²) in [5.74, 6) is 0.311. The van der Waals surface area contributed by atoms with Gasteiger partial charge in [-0.25, -0.2) is 0 Å². The van der Waals surface area contributed by atoms with Gasteiger partial charge in [-0.05, 0) is 54.9 Å². The second-order valence-corrected chi connectivity index (χ2v) is 7.28. The molecule has 2 aromatic carbocycles. The number of benzene rings is 2. The molecule has 0 saturated carbocycles. The van der Waals surface area contributed by atoms with Crippen molar-refractivity contribution in [3.8, 4) is 5.75 Å². The molecule has 1 heterocycles. The van der Waals surface area contributed by atoms with Crippen LogP contribution in [0.25, 0.3) is 6.08 Å². The van der Waals surface area contributed by atoms with Gasteiger partial charge in [0.25, 0.3) is 11.1 Å². The molecule has 1 fully saturated rings. The van der Waals surface area contributed by atoms with Crippen molar-refractivity contribution in [3.05, 3.63) is 69.1 Å². The van der Waals surface area contributed by atoms with Crippen LogP contribution in [0.15, 0.2) is 47.4 Å². The Morgan fingerprint density at radius 3 is 2.69 bits per heavy atom. The minimum atomic E-state index is -0.286. The molecule has 4 nitrogen and oxygen atoms in total. The average Bonchev–Trinajstić information content (AvgIpc) is 2.85. The summed E-state index contributed by atoms with van der Waals surface area (Å²) in [6, 6.07) is 13.1. The lowest BCUT2D eigenvalue weighted by molar-refractivity contribution is -0.123. The Hall–Kier alpha value is -2.24. The van der Waals surface area contributed by atoms with Crippen LogP contribution in [0.5, 0.6) is 5.75 Å². The molecular weight excluding hydrogens is 370 g/mol. The molecule has 2 amide bonds. The summed E-state index contributed by atoms with van der Waals surface area (Å²) in [4.78, 5) is 26.5. The number of halogens is 1. The van der Waals surface area contributed by atoms with E-state index in [0.717, 1.165) is 28.5 Å². The van der Waals surface area contributed by atoms with Gasteiger partial charge < -0.3 is 4.74 Å². The third kappa shape index (κ3) is 4.11. The highest BCUT2D eigenvalue weighted by molar-refractivity contribution is 8.18. The molecule has 26 heavy (non-hydrogen) atoms. The lowest BCUT2D eigenvalue weighted by Crippen LogP contribution is -2.27. The fourth-order valence-electron chi connectivity index (χ4n) is 2.66. The molecule has 0 radical (unpaired) electrons. The molecule has 0 N–H and O–H groups in total. The zero-order valence-corrected chi connectivity index (χ0v) is 16.1. The van der Waals surface area contributed by atoms with Crippen LogP contribution >= 0.6 is 23.4 Å². The van der Waals surface area contributed by atoms with Crippen molar-refractivity contribution in [3.63, 3.8) is 0 Å². The minimum Gasteiger partial charge on any atom is -0.492 e. The highest BCUT2D eigenvalue weighted by Gasteiger charge is 2.35. The smallest absolute Gasteiger partial charge is 0.293 e. The van der Waals surface area contributed by atoms with Crippen molar-refractivity contribution >= 4 is 40.6 Å². The second kappa shape index (κ2) is 7.98. The number of amides is 2. The van der Waals surface area contributed by atoms with E-state index in [1.54, 1.807) is 18.2 Å². The van der Waals surface area contributed by atoms with Crippen LogP contribution in [-0.2, 0) is 11.3 Å². The van der Waals surface area contributed by atoms with E-state index >= 15 is 0 Å². The van der Waals surface area contributed by atoms with E-state index in [4.69, 9.17) is 16.3 Å². The first-order valence-corrected chi connectivity index (χ1v) is 9.40. The van der Waals surface area contributed by atoms with Gasteiger partial charge in [0, 0.05) is 0 Å². The zero-order valence-electron chi connectivity index (χ0n) is 14.5. The van der Waals surface area contributed by atoms with Gasteiger partial charge in [0.2, 0.25) is 0 Å². The lowest BCUT2D eigenvalue weighted by atomic mass is 10.1. The van der Waals surface area contributed by atoms with Gasteiger partial charge in [0.15, 0.2) is 0 Å². The van der Waals surface area contributed by atoms with E-state index in [1.807, 2.05) is 44.2 Å². The molecule has 0 aromatic heterocycles. The maximum Gasteiger partial charge on any atom is 0.293 e. The lowest BCUT2D eigenvalue weighted by Gasteiger charge is -2.12. The van der Waals surface area contributed by atoms with E-state index in [1.165, 1.54) is 4.90 Å². The maximum atomic E-state index is 12.6. The van der Waals surface area contributed by atoms with Crippen LogP contribution in [0.4, 0.5) is 4.79 Å².